The predicted octanol–water partition coefficient (Wildman–Crippen LogP) is 3.25. The molecule has 0 aliphatic carbocycles. The van der Waals surface area contributed by atoms with E-state index in [1.807, 2.05) is 42.5 Å². The lowest BCUT2D eigenvalue weighted by Gasteiger charge is -2.22. The third kappa shape index (κ3) is 3.42. The van der Waals surface area contributed by atoms with E-state index in [9.17, 15) is 0 Å². The number of benzene rings is 2. The van der Waals surface area contributed by atoms with Gasteiger partial charge in [0.25, 0.3) is 6.01 Å². The van der Waals surface area contributed by atoms with Gasteiger partial charge in [0.15, 0.2) is 5.58 Å². The van der Waals surface area contributed by atoms with Crippen molar-refractivity contribution in [1.82, 2.24) is 4.98 Å². The first-order valence-electron chi connectivity index (χ1n) is 8.22. The molecule has 4 rings (SSSR count). The van der Waals surface area contributed by atoms with Gasteiger partial charge in [-0.1, -0.05) is 42.5 Å². The Bertz CT molecular complexity index is 754. The number of oxazole rings is 1. The molecule has 0 radical (unpaired) electrons. The third-order valence-electron chi connectivity index (χ3n) is 4.11. The SMILES string of the molecule is c1ccc(COC2COCCN(c3nc4ccccc4o3)C2)cc1. The molecule has 1 unspecified atom stereocenters. The molecular weight excluding hydrogens is 304 g/mol. The van der Waals surface area contributed by atoms with Crippen LogP contribution in [0.25, 0.3) is 11.1 Å². The Kier molecular flexibility index (Phi) is 4.44. The smallest absolute Gasteiger partial charge is 0.298 e. The summed E-state index contributed by atoms with van der Waals surface area (Å²) in [6.07, 6.45) is -0.0114. The van der Waals surface area contributed by atoms with E-state index in [-0.39, 0.29) is 6.10 Å². The number of para-hydroxylation sites is 2. The van der Waals surface area contributed by atoms with Crippen molar-refractivity contribution in [3.8, 4) is 0 Å². The minimum absolute atomic E-state index is 0.0114. The molecule has 1 aliphatic heterocycles. The van der Waals surface area contributed by atoms with Crippen molar-refractivity contribution in [1.29, 1.82) is 0 Å². The maximum absolute atomic E-state index is 6.04. The Morgan fingerprint density at radius 3 is 2.79 bits per heavy atom. The van der Waals surface area contributed by atoms with Crippen LogP contribution in [0.5, 0.6) is 0 Å². The average Bonchev–Trinajstić information content (AvgIpc) is 2.92. The van der Waals surface area contributed by atoms with E-state index in [4.69, 9.17) is 13.9 Å². The number of aromatic nitrogens is 1. The summed E-state index contributed by atoms with van der Waals surface area (Å²) in [5.74, 6) is 0. The molecule has 2 heterocycles. The number of rotatable bonds is 4. The Labute approximate surface area is 140 Å². The van der Waals surface area contributed by atoms with Gasteiger partial charge in [-0.15, -0.1) is 0 Å². The molecule has 1 aromatic heterocycles. The summed E-state index contributed by atoms with van der Waals surface area (Å²) in [6.45, 7) is 3.27. The van der Waals surface area contributed by atoms with Gasteiger partial charge in [-0.25, -0.2) is 0 Å². The van der Waals surface area contributed by atoms with Gasteiger partial charge < -0.3 is 18.8 Å². The molecule has 3 aromatic rings. The first kappa shape index (κ1) is 15.2. The molecule has 5 nitrogen and oxygen atoms in total. The molecule has 5 heteroatoms. The summed E-state index contributed by atoms with van der Waals surface area (Å²) < 4.78 is 17.6. The highest BCUT2D eigenvalue weighted by molar-refractivity contribution is 5.74. The van der Waals surface area contributed by atoms with Crippen LogP contribution in [0.3, 0.4) is 0 Å². The second-order valence-electron chi connectivity index (χ2n) is 5.90. The van der Waals surface area contributed by atoms with Crippen LogP contribution < -0.4 is 4.90 Å². The summed E-state index contributed by atoms with van der Waals surface area (Å²) in [7, 11) is 0. The van der Waals surface area contributed by atoms with Crippen LogP contribution in [0, 0.1) is 0 Å². The van der Waals surface area contributed by atoms with E-state index in [1.165, 1.54) is 0 Å². The zero-order chi connectivity index (χ0) is 16.2. The van der Waals surface area contributed by atoms with Crippen molar-refractivity contribution in [3.63, 3.8) is 0 Å². The van der Waals surface area contributed by atoms with Gasteiger partial charge in [-0.3, -0.25) is 0 Å². The zero-order valence-electron chi connectivity index (χ0n) is 13.4. The van der Waals surface area contributed by atoms with E-state index < -0.39 is 0 Å². The second-order valence-corrected chi connectivity index (χ2v) is 5.90. The minimum Gasteiger partial charge on any atom is -0.423 e. The largest absolute Gasteiger partial charge is 0.423 e. The standard InChI is InChI=1S/C19H20N2O3/c1-2-6-15(7-3-1)13-23-16-12-21(10-11-22-14-16)19-20-17-8-4-5-9-18(17)24-19/h1-9,16H,10-14H2. The quantitative estimate of drug-likeness (QED) is 0.737. The number of nitrogens with zero attached hydrogens (tertiary/aromatic N) is 2. The van der Waals surface area contributed by atoms with Crippen LogP contribution in [0.15, 0.2) is 59.0 Å². The van der Waals surface area contributed by atoms with E-state index in [0.717, 1.165) is 23.2 Å². The highest BCUT2D eigenvalue weighted by Crippen LogP contribution is 2.23. The number of fused-ring (bicyclic) bond motifs is 1. The lowest BCUT2D eigenvalue weighted by molar-refractivity contribution is -0.00806. The Balaban J connectivity index is 1.45. The molecule has 0 saturated carbocycles. The summed E-state index contributed by atoms with van der Waals surface area (Å²) in [5, 5.41) is 0. The Hall–Kier alpha value is -2.37. The van der Waals surface area contributed by atoms with E-state index >= 15 is 0 Å². The van der Waals surface area contributed by atoms with E-state index in [2.05, 4.69) is 22.0 Å². The van der Waals surface area contributed by atoms with Crippen molar-refractivity contribution >= 4 is 17.1 Å². The predicted molar refractivity (Wildman–Crippen MR) is 92.1 cm³/mol. The molecule has 0 spiro atoms. The third-order valence-corrected chi connectivity index (χ3v) is 4.11. The second kappa shape index (κ2) is 7.03. The molecule has 0 amide bonds. The fourth-order valence-electron chi connectivity index (χ4n) is 2.84. The normalized spacial score (nSPS) is 18.7. The Morgan fingerprint density at radius 1 is 1.08 bits per heavy atom. The number of hydrogen-bond acceptors (Lipinski definition) is 5. The molecule has 1 saturated heterocycles. The lowest BCUT2D eigenvalue weighted by Crippen LogP contribution is -2.34. The van der Waals surface area contributed by atoms with Gasteiger partial charge in [0.05, 0.1) is 32.5 Å². The number of anilines is 1. The first-order valence-corrected chi connectivity index (χ1v) is 8.22. The highest BCUT2D eigenvalue weighted by Gasteiger charge is 2.23. The van der Waals surface area contributed by atoms with Gasteiger partial charge in [0.2, 0.25) is 0 Å². The van der Waals surface area contributed by atoms with Crippen molar-refractivity contribution in [2.24, 2.45) is 0 Å². The Morgan fingerprint density at radius 2 is 1.92 bits per heavy atom. The minimum atomic E-state index is -0.0114. The molecule has 0 N–H and O–H groups in total. The monoisotopic (exact) mass is 324 g/mol. The molecule has 124 valence electrons. The average molecular weight is 324 g/mol. The summed E-state index contributed by atoms with van der Waals surface area (Å²) in [4.78, 5) is 6.68. The molecule has 2 aromatic carbocycles. The van der Waals surface area contributed by atoms with Crippen LogP contribution >= 0.6 is 0 Å². The van der Waals surface area contributed by atoms with Gasteiger partial charge in [0.1, 0.15) is 5.52 Å². The maximum Gasteiger partial charge on any atom is 0.298 e. The number of ether oxygens (including phenoxy) is 2. The van der Waals surface area contributed by atoms with Crippen LogP contribution in [0.4, 0.5) is 6.01 Å². The van der Waals surface area contributed by atoms with Crippen LogP contribution in [0.1, 0.15) is 5.56 Å². The maximum atomic E-state index is 6.04. The zero-order valence-corrected chi connectivity index (χ0v) is 13.4. The van der Waals surface area contributed by atoms with Crippen LogP contribution in [-0.4, -0.2) is 37.4 Å². The molecule has 24 heavy (non-hydrogen) atoms. The van der Waals surface area contributed by atoms with Crippen molar-refractivity contribution in [2.75, 3.05) is 31.2 Å². The van der Waals surface area contributed by atoms with Gasteiger partial charge in [0, 0.05) is 6.54 Å². The van der Waals surface area contributed by atoms with Gasteiger partial charge in [-0.05, 0) is 17.7 Å². The van der Waals surface area contributed by atoms with Crippen molar-refractivity contribution in [2.45, 2.75) is 12.7 Å². The fraction of sp³-hybridized carbons (Fsp3) is 0.316. The summed E-state index contributed by atoms with van der Waals surface area (Å²) >= 11 is 0. The van der Waals surface area contributed by atoms with Crippen molar-refractivity contribution in [3.05, 3.63) is 60.2 Å². The molecule has 1 aliphatic rings. The van der Waals surface area contributed by atoms with Crippen LogP contribution in [-0.2, 0) is 16.1 Å². The fourth-order valence-corrected chi connectivity index (χ4v) is 2.84. The lowest BCUT2D eigenvalue weighted by atomic mass is 10.2. The van der Waals surface area contributed by atoms with Crippen molar-refractivity contribution < 1.29 is 13.9 Å². The van der Waals surface area contributed by atoms with E-state index in [0.29, 0.717) is 32.4 Å². The summed E-state index contributed by atoms with van der Waals surface area (Å²) in [5.41, 5.74) is 2.84. The molecule has 1 atom stereocenters. The summed E-state index contributed by atoms with van der Waals surface area (Å²) in [6, 6.07) is 18.6. The first-order chi connectivity index (χ1) is 11.9. The van der Waals surface area contributed by atoms with Gasteiger partial charge in [-0.2, -0.15) is 4.98 Å². The molecule has 0 bridgehead atoms. The number of hydrogen-bond donors (Lipinski definition) is 0. The topological polar surface area (TPSA) is 47.7 Å². The molecular formula is C19H20N2O3. The van der Waals surface area contributed by atoms with Crippen LogP contribution in [0.2, 0.25) is 0 Å². The van der Waals surface area contributed by atoms with E-state index in [1.54, 1.807) is 0 Å². The molecule has 1 fully saturated rings. The van der Waals surface area contributed by atoms with Gasteiger partial charge >= 0.3 is 0 Å². The highest BCUT2D eigenvalue weighted by atomic mass is 16.5.